The van der Waals surface area contributed by atoms with Gasteiger partial charge in [-0.15, -0.1) is 0 Å². The number of benzene rings is 1. The maximum absolute atomic E-state index is 11.9. The van der Waals surface area contributed by atoms with Gasteiger partial charge in [0.25, 0.3) is 0 Å². The van der Waals surface area contributed by atoms with E-state index in [1.165, 1.54) is 0 Å². The molecule has 3 nitrogen and oxygen atoms in total. The molecule has 18 heavy (non-hydrogen) atoms. The summed E-state index contributed by atoms with van der Waals surface area (Å²) in [6.45, 7) is 2.48. The minimum Gasteiger partial charge on any atom is -0.352 e. The molecule has 0 bridgehead atoms. The Morgan fingerprint density at radius 3 is 2.67 bits per heavy atom. The topological polar surface area (TPSA) is 41.1 Å². The highest BCUT2D eigenvalue weighted by Crippen LogP contribution is 2.48. The van der Waals surface area contributed by atoms with Crippen molar-refractivity contribution < 1.29 is 4.79 Å². The summed E-state index contributed by atoms with van der Waals surface area (Å²) in [6, 6.07) is 5.42. The molecule has 1 saturated carbocycles. The lowest BCUT2D eigenvalue weighted by Gasteiger charge is -2.08. The van der Waals surface area contributed by atoms with E-state index in [4.69, 9.17) is 23.2 Å². The van der Waals surface area contributed by atoms with E-state index >= 15 is 0 Å². The maximum Gasteiger partial charge on any atom is 0.224 e. The van der Waals surface area contributed by atoms with E-state index in [1.54, 1.807) is 12.1 Å². The molecule has 2 aliphatic rings. The van der Waals surface area contributed by atoms with Gasteiger partial charge in [0.1, 0.15) is 0 Å². The van der Waals surface area contributed by atoms with E-state index in [0.29, 0.717) is 28.4 Å². The van der Waals surface area contributed by atoms with Crippen LogP contribution in [-0.2, 0) is 11.3 Å². The van der Waals surface area contributed by atoms with E-state index in [0.717, 1.165) is 18.7 Å². The fraction of sp³-hybridized carbons (Fsp3) is 0.462. The third-order valence-corrected chi connectivity index (χ3v) is 4.58. The summed E-state index contributed by atoms with van der Waals surface area (Å²) in [5.41, 5.74) is 0.974. The SMILES string of the molecule is O=C(NCc1ccc(Cl)c(Cl)c1)C1[C@H]2CNC[C@@H]12. The van der Waals surface area contributed by atoms with Crippen LogP contribution in [0.15, 0.2) is 18.2 Å². The summed E-state index contributed by atoms with van der Waals surface area (Å²) in [7, 11) is 0. The molecule has 3 atom stereocenters. The molecule has 1 amide bonds. The molecule has 1 aromatic carbocycles. The number of carbonyl (C=O) groups is 1. The van der Waals surface area contributed by atoms with Crippen LogP contribution in [0.3, 0.4) is 0 Å². The van der Waals surface area contributed by atoms with Crippen molar-refractivity contribution >= 4 is 29.1 Å². The number of hydrogen-bond acceptors (Lipinski definition) is 2. The van der Waals surface area contributed by atoms with Gasteiger partial charge >= 0.3 is 0 Å². The van der Waals surface area contributed by atoms with Crippen LogP contribution in [0, 0.1) is 17.8 Å². The fourth-order valence-corrected chi connectivity index (χ4v) is 3.08. The van der Waals surface area contributed by atoms with Crippen molar-refractivity contribution in [1.29, 1.82) is 0 Å². The predicted molar refractivity (Wildman–Crippen MR) is 71.6 cm³/mol. The average molecular weight is 285 g/mol. The third-order valence-electron chi connectivity index (χ3n) is 3.85. The number of piperidine rings is 1. The van der Waals surface area contributed by atoms with Crippen LogP contribution in [0.5, 0.6) is 0 Å². The van der Waals surface area contributed by atoms with Gasteiger partial charge in [0.05, 0.1) is 10.0 Å². The summed E-state index contributed by atoms with van der Waals surface area (Å²) >= 11 is 11.8. The monoisotopic (exact) mass is 284 g/mol. The van der Waals surface area contributed by atoms with E-state index in [9.17, 15) is 4.79 Å². The number of nitrogens with one attached hydrogen (secondary N) is 2. The van der Waals surface area contributed by atoms with E-state index in [2.05, 4.69) is 10.6 Å². The standard InChI is InChI=1S/C13H14Cl2N2O/c14-10-2-1-7(3-11(10)15)4-17-13(18)12-8-5-16-6-9(8)12/h1-3,8-9,12,16H,4-6H2,(H,17,18)/t8-,9+,12?. The zero-order chi connectivity index (χ0) is 12.7. The van der Waals surface area contributed by atoms with Gasteiger partial charge in [0.2, 0.25) is 5.91 Å². The smallest absolute Gasteiger partial charge is 0.224 e. The lowest BCUT2D eigenvalue weighted by molar-refractivity contribution is -0.123. The molecule has 0 spiro atoms. The van der Waals surface area contributed by atoms with Crippen molar-refractivity contribution in [3.63, 3.8) is 0 Å². The molecule has 0 radical (unpaired) electrons. The zero-order valence-corrected chi connectivity index (χ0v) is 11.3. The van der Waals surface area contributed by atoms with Gasteiger partial charge in [-0.05, 0) is 42.6 Å². The minimum absolute atomic E-state index is 0.164. The molecule has 0 aromatic heterocycles. The van der Waals surface area contributed by atoms with Crippen molar-refractivity contribution in [3.8, 4) is 0 Å². The van der Waals surface area contributed by atoms with Crippen molar-refractivity contribution in [1.82, 2.24) is 10.6 Å². The van der Waals surface area contributed by atoms with Gasteiger partial charge < -0.3 is 10.6 Å². The van der Waals surface area contributed by atoms with Crippen LogP contribution >= 0.6 is 23.2 Å². The lowest BCUT2D eigenvalue weighted by Crippen LogP contribution is -2.29. The number of rotatable bonds is 3. The Morgan fingerprint density at radius 2 is 2.00 bits per heavy atom. The van der Waals surface area contributed by atoms with Gasteiger partial charge in [-0.3, -0.25) is 4.79 Å². The van der Waals surface area contributed by atoms with E-state index in [1.807, 2.05) is 6.07 Å². The Morgan fingerprint density at radius 1 is 1.28 bits per heavy atom. The second-order valence-corrected chi connectivity index (χ2v) is 5.79. The summed E-state index contributed by atoms with van der Waals surface area (Å²) < 4.78 is 0. The van der Waals surface area contributed by atoms with Crippen LogP contribution in [0.4, 0.5) is 0 Å². The number of hydrogen-bond donors (Lipinski definition) is 2. The van der Waals surface area contributed by atoms with Crippen LogP contribution < -0.4 is 10.6 Å². The Bertz CT molecular complexity index is 482. The van der Waals surface area contributed by atoms with Crippen LogP contribution in [0.25, 0.3) is 0 Å². The maximum atomic E-state index is 11.9. The second kappa shape index (κ2) is 4.72. The summed E-state index contributed by atoms with van der Waals surface area (Å²) in [5, 5.41) is 7.31. The molecule has 1 aromatic rings. The molecule has 1 aliphatic carbocycles. The molecule has 96 valence electrons. The predicted octanol–water partition coefficient (Wildman–Crippen LogP) is 2.07. The quantitative estimate of drug-likeness (QED) is 0.892. The molecular formula is C13H14Cl2N2O. The molecule has 1 unspecified atom stereocenters. The molecule has 2 fully saturated rings. The zero-order valence-electron chi connectivity index (χ0n) is 9.75. The van der Waals surface area contributed by atoms with Gasteiger partial charge in [-0.2, -0.15) is 0 Å². The molecule has 1 aliphatic heterocycles. The second-order valence-electron chi connectivity index (χ2n) is 4.98. The van der Waals surface area contributed by atoms with Gasteiger partial charge in [-0.1, -0.05) is 29.3 Å². The van der Waals surface area contributed by atoms with Crippen LogP contribution in [0.2, 0.25) is 10.0 Å². The van der Waals surface area contributed by atoms with Crippen LogP contribution in [0.1, 0.15) is 5.56 Å². The first-order valence-corrected chi connectivity index (χ1v) is 6.85. The highest BCUT2D eigenvalue weighted by Gasteiger charge is 2.56. The molecule has 2 N–H and O–H groups in total. The Kier molecular flexibility index (Phi) is 3.22. The highest BCUT2D eigenvalue weighted by atomic mass is 35.5. The molecule has 5 heteroatoms. The van der Waals surface area contributed by atoms with Crippen molar-refractivity contribution in [2.75, 3.05) is 13.1 Å². The number of carbonyl (C=O) groups excluding carboxylic acids is 1. The van der Waals surface area contributed by atoms with E-state index < -0.39 is 0 Å². The van der Waals surface area contributed by atoms with Crippen molar-refractivity contribution in [2.45, 2.75) is 6.54 Å². The Balaban J connectivity index is 1.55. The summed E-state index contributed by atoms with van der Waals surface area (Å²) in [6.07, 6.45) is 0. The normalized spacial score (nSPS) is 28.9. The van der Waals surface area contributed by atoms with Crippen molar-refractivity contribution in [3.05, 3.63) is 33.8 Å². The molecular weight excluding hydrogens is 271 g/mol. The number of halogens is 2. The average Bonchev–Trinajstić information content (AvgIpc) is 2.84. The number of amides is 1. The third kappa shape index (κ3) is 2.22. The van der Waals surface area contributed by atoms with E-state index in [-0.39, 0.29) is 11.8 Å². The highest BCUT2D eigenvalue weighted by molar-refractivity contribution is 6.42. The minimum atomic E-state index is 0.164. The summed E-state index contributed by atoms with van der Waals surface area (Å²) in [5.74, 6) is 1.49. The lowest BCUT2D eigenvalue weighted by atomic mass is 10.2. The van der Waals surface area contributed by atoms with Crippen LogP contribution in [-0.4, -0.2) is 19.0 Å². The first kappa shape index (κ1) is 12.3. The summed E-state index contributed by atoms with van der Waals surface area (Å²) in [4.78, 5) is 11.9. The Labute approximate surface area is 116 Å². The van der Waals surface area contributed by atoms with Gasteiger partial charge in [0, 0.05) is 12.5 Å². The molecule has 1 saturated heterocycles. The van der Waals surface area contributed by atoms with Crippen molar-refractivity contribution in [2.24, 2.45) is 17.8 Å². The Hall–Kier alpha value is -0.770. The molecule has 1 heterocycles. The first-order chi connectivity index (χ1) is 8.66. The fourth-order valence-electron chi connectivity index (χ4n) is 2.76. The molecule has 3 rings (SSSR count). The van der Waals surface area contributed by atoms with Gasteiger partial charge in [0.15, 0.2) is 0 Å². The first-order valence-electron chi connectivity index (χ1n) is 6.09. The number of fused-ring (bicyclic) bond motifs is 1. The largest absolute Gasteiger partial charge is 0.352 e. The van der Waals surface area contributed by atoms with Gasteiger partial charge in [-0.25, -0.2) is 0 Å².